The van der Waals surface area contributed by atoms with Crippen molar-refractivity contribution in [2.75, 3.05) is 38.2 Å². The standard InChI is InChI=1S/C25H29Cl3N2O5/c1-16-21(14-30-9-11-33-12-10-30)34-23(35-22(16)18-7-5-17(15-31)6-8-18)19-3-2-4-20(13-19)29-24(32)25(26,27)28/h2-8,13,16,21-23,31H,9-12,14-15H2,1H3,(H,29,32)/t16-,21+,22+,23+/m1/s1. The quantitative estimate of drug-likeness (QED) is 0.518. The molecule has 190 valence electrons. The number of amides is 1. The number of hydrogen-bond donors (Lipinski definition) is 2. The van der Waals surface area contributed by atoms with Gasteiger partial charge in [0.2, 0.25) is 0 Å². The van der Waals surface area contributed by atoms with Gasteiger partial charge in [0.1, 0.15) is 0 Å². The Balaban J connectivity index is 1.59. The van der Waals surface area contributed by atoms with Crippen molar-refractivity contribution >= 4 is 46.4 Å². The summed E-state index contributed by atoms with van der Waals surface area (Å²) < 4.78 is 16.4. The first kappa shape index (κ1) is 26.6. The second kappa shape index (κ2) is 11.8. The average molecular weight is 544 g/mol. The van der Waals surface area contributed by atoms with Crippen molar-refractivity contribution in [3.05, 3.63) is 65.2 Å². The minimum absolute atomic E-state index is 0.0144. The fraction of sp³-hybridized carbons (Fsp3) is 0.480. The molecule has 0 saturated carbocycles. The Bertz CT molecular complexity index is 995. The molecule has 35 heavy (non-hydrogen) atoms. The van der Waals surface area contributed by atoms with Gasteiger partial charge in [0.05, 0.1) is 32.0 Å². The molecule has 7 nitrogen and oxygen atoms in total. The highest BCUT2D eigenvalue weighted by Crippen LogP contribution is 2.42. The summed E-state index contributed by atoms with van der Waals surface area (Å²) in [6.45, 7) is 5.98. The number of aliphatic hydroxyl groups excluding tert-OH is 1. The molecule has 0 aromatic heterocycles. The van der Waals surface area contributed by atoms with E-state index in [2.05, 4.69) is 17.1 Å². The van der Waals surface area contributed by atoms with Crippen LogP contribution in [0.5, 0.6) is 0 Å². The van der Waals surface area contributed by atoms with E-state index in [0.29, 0.717) is 18.9 Å². The third-order valence-electron chi connectivity index (χ3n) is 6.34. The summed E-state index contributed by atoms with van der Waals surface area (Å²) in [5.74, 6) is -0.674. The number of morpholine rings is 1. The van der Waals surface area contributed by atoms with E-state index >= 15 is 0 Å². The van der Waals surface area contributed by atoms with Crippen LogP contribution >= 0.6 is 34.8 Å². The lowest BCUT2D eigenvalue weighted by molar-refractivity contribution is -0.277. The third-order valence-corrected chi connectivity index (χ3v) is 6.85. The molecule has 0 spiro atoms. The van der Waals surface area contributed by atoms with Crippen LogP contribution in [0, 0.1) is 5.92 Å². The van der Waals surface area contributed by atoms with Crippen molar-refractivity contribution in [3.63, 3.8) is 0 Å². The van der Waals surface area contributed by atoms with Gasteiger partial charge in [-0.3, -0.25) is 9.69 Å². The molecule has 2 heterocycles. The summed E-state index contributed by atoms with van der Waals surface area (Å²) in [6, 6.07) is 14.9. The van der Waals surface area contributed by atoms with Crippen LogP contribution in [0.15, 0.2) is 48.5 Å². The summed E-state index contributed by atoms with van der Waals surface area (Å²) in [7, 11) is 0. The highest BCUT2D eigenvalue weighted by molar-refractivity contribution is 6.76. The third kappa shape index (κ3) is 6.87. The zero-order valence-electron chi connectivity index (χ0n) is 19.3. The van der Waals surface area contributed by atoms with Crippen molar-refractivity contribution in [2.45, 2.75) is 35.8 Å². The molecule has 0 unspecified atom stereocenters. The van der Waals surface area contributed by atoms with Gasteiger partial charge in [-0.2, -0.15) is 0 Å². The van der Waals surface area contributed by atoms with E-state index in [1.165, 1.54) is 0 Å². The highest BCUT2D eigenvalue weighted by atomic mass is 35.6. The van der Waals surface area contributed by atoms with Gasteiger partial charge in [0.15, 0.2) is 6.29 Å². The van der Waals surface area contributed by atoms with E-state index in [4.69, 9.17) is 49.0 Å². The predicted molar refractivity (Wildman–Crippen MR) is 136 cm³/mol. The van der Waals surface area contributed by atoms with Gasteiger partial charge in [-0.05, 0) is 23.3 Å². The van der Waals surface area contributed by atoms with Crippen LogP contribution in [0.25, 0.3) is 0 Å². The minimum atomic E-state index is -2.07. The Hall–Kier alpha value is -1.42. The average Bonchev–Trinajstić information content (AvgIpc) is 2.85. The Morgan fingerprint density at radius 3 is 2.46 bits per heavy atom. The molecule has 4 atom stereocenters. The Morgan fingerprint density at radius 1 is 1.09 bits per heavy atom. The lowest BCUT2D eigenvalue weighted by Crippen LogP contribution is -2.47. The van der Waals surface area contributed by atoms with Gasteiger partial charge in [0, 0.05) is 36.8 Å². The Kier molecular flexibility index (Phi) is 8.94. The monoisotopic (exact) mass is 542 g/mol. The fourth-order valence-electron chi connectivity index (χ4n) is 4.33. The van der Waals surface area contributed by atoms with E-state index in [9.17, 15) is 9.90 Å². The largest absolute Gasteiger partial charge is 0.392 e. The Labute approximate surface area is 220 Å². The summed E-state index contributed by atoms with van der Waals surface area (Å²) in [6.07, 6.45) is -0.995. The molecular weight excluding hydrogens is 515 g/mol. The van der Waals surface area contributed by atoms with Crippen molar-refractivity contribution in [2.24, 2.45) is 5.92 Å². The van der Waals surface area contributed by atoms with Gasteiger partial charge in [0.25, 0.3) is 9.70 Å². The number of aliphatic hydroxyl groups is 1. The lowest BCUT2D eigenvalue weighted by atomic mass is 9.90. The van der Waals surface area contributed by atoms with E-state index in [0.717, 1.165) is 36.3 Å². The van der Waals surface area contributed by atoms with E-state index in [1.807, 2.05) is 30.3 Å². The van der Waals surface area contributed by atoms with Gasteiger partial charge in [-0.15, -0.1) is 0 Å². The second-order valence-electron chi connectivity index (χ2n) is 8.81. The molecule has 2 aliphatic heterocycles. The van der Waals surface area contributed by atoms with Gasteiger partial charge in [-0.1, -0.05) is 78.1 Å². The molecule has 2 fully saturated rings. The van der Waals surface area contributed by atoms with Crippen molar-refractivity contribution in [1.29, 1.82) is 0 Å². The molecule has 2 aromatic rings. The Morgan fingerprint density at radius 2 is 1.80 bits per heavy atom. The molecule has 2 aromatic carbocycles. The smallest absolute Gasteiger partial charge is 0.276 e. The zero-order valence-corrected chi connectivity index (χ0v) is 21.6. The number of hydrogen-bond acceptors (Lipinski definition) is 6. The summed E-state index contributed by atoms with van der Waals surface area (Å²) in [5.41, 5.74) is 3.06. The van der Waals surface area contributed by atoms with Gasteiger partial charge < -0.3 is 24.6 Å². The molecule has 2 saturated heterocycles. The van der Waals surface area contributed by atoms with Crippen LogP contribution in [0.1, 0.15) is 36.0 Å². The number of halogens is 3. The first-order chi connectivity index (χ1) is 16.7. The molecule has 1 amide bonds. The van der Waals surface area contributed by atoms with Crippen LogP contribution in [-0.4, -0.2) is 58.7 Å². The number of nitrogens with zero attached hydrogens (tertiary/aromatic N) is 1. The molecule has 10 heteroatoms. The maximum atomic E-state index is 12.1. The maximum Gasteiger partial charge on any atom is 0.276 e. The van der Waals surface area contributed by atoms with Crippen molar-refractivity contribution < 1.29 is 24.1 Å². The highest BCUT2D eigenvalue weighted by Gasteiger charge is 2.39. The SMILES string of the molecule is C[C@@H]1[C@H](CN2CCOCC2)O[C@H](c2cccc(NC(=O)C(Cl)(Cl)Cl)c2)O[C@@H]1c1ccc(CO)cc1. The van der Waals surface area contributed by atoms with Crippen LogP contribution in [0.3, 0.4) is 0 Å². The van der Waals surface area contributed by atoms with Crippen LogP contribution < -0.4 is 5.32 Å². The van der Waals surface area contributed by atoms with E-state index in [-0.39, 0.29) is 24.7 Å². The van der Waals surface area contributed by atoms with Crippen LogP contribution in [0.4, 0.5) is 5.69 Å². The van der Waals surface area contributed by atoms with E-state index in [1.54, 1.807) is 18.2 Å². The number of benzene rings is 2. The first-order valence-electron chi connectivity index (χ1n) is 11.5. The van der Waals surface area contributed by atoms with Crippen LogP contribution in [-0.2, 0) is 25.6 Å². The van der Waals surface area contributed by atoms with Crippen molar-refractivity contribution in [3.8, 4) is 0 Å². The zero-order chi connectivity index (χ0) is 25.0. The molecular formula is C25H29Cl3N2O5. The normalized spacial score (nSPS) is 25.9. The number of anilines is 1. The summed E-state index contributed by atoms with van der Waals surface area (Å²) in [5, 5.41) is 12.0. The first-order valence-corrected chi connectivity index (χ1v) is 12.7. The van der Waals surface area contributed by atoms with E-state index < -0.39 is 16.0 Å². The maximum absolute atomic E-state index is 12.1. The molecule has 2 aliphatic rings. The molecule has 4 rings (SSSR count). The predicted octanol–water partition coefficient (Wildman–Crippen LogP) is 4.61. The molecule has 0 radical (unpaired) electrons. The lowest BCUT2D eigenvalue weighted by Gasteiger charge is -2.43. The molecule has 0 aliphatic carbocycles. The van der Waals surface area contributed by atoms with Crippen LogP contribution in [0.2, 0.25) is 0 Å². The number of carbonyl (C=O) groups excluding carboxylic acids is 1. The van der Waals surface area contributed by atoms with Gasteiger partial charge >= 0.3 is 0 Å². The number of alkyl halides is 3. The fourth-order valence-corrected chi connectivity index (χ4v) is 4.47. The summed E-state index contributed by atoms with van der Waals surface area (Å²) >= 11 is 17.1. The summed E-state index contributed by atoms with van der Waals surface area (Å²) in [4.78, 5) is 14.5. The number of carbonyl (C=O) groups is 1. The minimum Gasteiger partial charge on any atom is -0.392 e. The molecule has 2 N–H and O–H groups in total. The topological polar surface area (TPSA) is 80.3 Å². The number of rotatable bonds is 6. The second-order valence-corrected chi connectivity index (χ2v) is 11.1. The number of nitrogens with one attached hydrogen (secondary N) is 1. The number of ether oxygens (including phenoxy) is 3. The van der Waals surface area contributed by atoms with Crippen molar-refractivity contribution in [1.82, 2.24) is 4.90 Å². The molecule has 0 bridgehead atoms. The van der Waals surface area contributed by atoms with Gasteiger partial charge in [-0.25, -0.2) is 0 Å².